The molecule has 2 aliphatic rings. The Morgan fingerprint density at radius 3 is 3.08 bits per heavy atom. The summed E-state index contributed by atoms with van der Waals surface area (Å²) in [6.07, 6.45) is 5.36. The van der Waals surface area contributed by atoms with Crippen molar-refractivity contribution in [3.05, 3.63) is 34.8 Å². The van der Waals surface area contributed by atoms with Crippen molar-refractivity contribution in [2.45, 2.75) is 20.3 Å². The van der Waals surface area contributed by atoms with Crippen molar-refractivity contribution in [1.82, 2.24) is 5.32 Å². The maximum Gasteiger partial charge on any atom is 0.142 e. The van der Waals surface area contributed by atoms with E-state index in [0.717, 1.165) is 31.0 Å². The first kappa shape index (κ1) is 8.42. The van der Waals surface area contributed by atoms with E-state index in [9.17, 15) is 0 Å². The van der Waals surface area contributed by atoms with Gasteiger partial charge in [-0.05, 0) is 31.9 Å². The molecular formula is C11H15NO. The van der Waals surface area contributed by atoms with E-state index in [1.165, 1.54) is 11.1 Å². The Labute approximate surface area is 79.0 Å². The van der Waals surface area contributed by atoms with E-state index in [1.807, 2.05) is 0 Å². The molecule has 0 aromatic rings. The first-order chi connectivity index (χ1) is 6.27. The van der Waals surface area contributed by atoms with E-state index in [1.54, 1.807) is 0 Å². The summed E-state index contributed by atoms with van der Waals surface area (Å²) in [6.45, 7) is 5.99. The number of rotatable bonds is 0. The maximum atomic E-state index is 5.58. The molecule has 1 aliphatic carbocycles. The summed E-state index contributed by atoms with van der Waals surface area (Å²) in [7, 11) is 0. The zero-order chi connectivity index (χ0) is 9.26. The molecule has 0 atom stereocenters. The molecule has 1 heterocycles. The summed E-state index contributed by atoms with van der Waals surface area (Å²) in [4.78, 5) is 0. The minimum atomic E-state index is 0.773. The topological polar surface area (TPSA) is 21.3 Å². The Morgan fingerprint density at radius 1 is 1.38 bits per heavy atom. The molecule has 70 valence electrons. The molecular weight excluding hydrogens is 162 g/mol. The summed E-state index contributed by atoms with van der Waals surface area (Å²) in [5, 5.41) is 3.34. The molecule has 0 bridgehead atoms. The second-order valence-corrected chi connectivity index (χ2v) is 3.57. The van der Waals surface area contributed by atoms with Crippen LogP contribution >= 0.6 is 0 Å². The van der Waals surface area contributed by atoms with Crippen molar-refractivity contribution in [3.63, 3.8) is 0 Å². The van der Waals surface area contributed by atoms with Crippen molar-refractivity contribution in [1.29, 1.82) is 0 Å². The van der Waals surface area contributed by atoms with E-state index in [0.29, 0.717) is 0 Å². The van der Waals surface area contributed by atoms with Crippen LogP contribution in [0.15, 0.2) is 34.8 Å². The quantitative estimate of drug-likeness (QED) is 0.612. The SMILES string of the molecule is CC1=C(C)CC=C2NCCOC2=C1. The van der Waals surface area contributed by atoms with E-state index >= 15 is 0 Å². The van der Waals surface area contributed by atoms with Gasteiger partial charge in [-0.15, -0.1) is 0 Å². The van der Waals surface area contributed by atoms with Gasteiger partial charge in [-0.1, -0.05) is 11.6 Å². The lowest BCUT2D eigenvalue weighted by Gasteiger charge is -2.20. The largest absolute Gasteiger partial charge is 0.490 e. The van der Waals surface area contributed by atoms with Crippen molar-refractivity contribution < 1.29 is 4.74 Å². The molecule has 0 unspecified atom stereocenters. The Hall–Kier alpha value is -1.18. The normalized spacial score (nSPS) is 22.0. The Kier molecular flexibility index (Phi) is 2.13. The van der Waals surface area contributed by atoms with Crippen molar-refractivity contribution in [2.24, 2.45) is 0 Å². The molecule has 0 amide bonds. The zero-order valence-electron chi connectivity index (χ0n) is 8.18. The van der Waals surface area contributed by atoms with E-state index < -0.39 is 0 Å². The van der Waals surface area contributed by atoms with Gasteiger partial charge < -0.3 is 10.1 Å². The van der Waals surface area contributed by atoms with Gasteiger partial charge in [-0.3, -0.25) is 0 Å². The second-order valence-electron chi connectivity index (χ2n) is 3.57. The molecule has 1 N–H and O–H groups in total. The molecule has 2 nitrogen and oxygen atoms in total. The summed E-state index contributed by atoms with van der Waals surface area (Å²) >= 11 is 0. The predicted molar refractivity (Wildman–Crippen MR) is 53.1 cm³/mol. The van der Waals surface area contributed by atoms with Crippen LogP contribution in [-0.4, -0.2) is 13.2 Å². The Bertz CT molecular complexity index is 310. The van der Waals surface area contributed by atoms with Crippen LogP contribution in [-0.2, 0) is 4.74 Å². The molecule has 2 rings (SSSR count). The van der Waals surface area contributed by atoms with Crippen LogP contribution < -0.4 is 5.32 Å². The lowest BCUT2D eigenvalue weighted by molar-refractivity contribution is 0.197. The molecule has 0 radical (unpaired) electrons. The molecule has 0 saturated carbocycles. The summed E-state index contributed by atoms with van der Waals surface area (Å²) in [5.74, 6) is 1.00. The number of morpholine rings is 1. The second kappa shape index (κ2) is 3.29. The van der Waals surface area contributed by atoms with E-state index in [2.05, 4.69) is 31.3 Å². The summed E-state index contributed by atoms with van der Waals surface area (Å²) in [6, 6.07) is 0. The highest BCUT2D eigenvalue weighted by Crippen LogP contribution is 2.23. The van der Waals surface area contributed by atoms with Gasteiger partial charge in [0.1, 0.15) is 12.4 Å². The van der Waals surface area contributed by atoms with Crippen LogP contribution in [0.2, 0.25) is 0 Å². The standard InChI is InChI=1S/C11H15NO/c1-8-3-4-10-11(7-9(8)2)13-6-5-12-10/h4,7,12H,3,5-6H2,1-2H3. The van der Waals surface area contributed by atoms with Crippen LogP contribution in [0.5, 0.6) is 0 Å². The molecule has 13 heavy (non-hydrogen) atoms. The third kappa shape index (κ3) is 1.62. The molecule has 0 spiro atoms. The van der Waals surface area contributed by atoms with Crippen LogP contribution in [0.3, 0.4) is 0 Å². The monoisotopic (exact) mass is 177 g/mol. The molecule has 1 saturated heterocycles. The van der Waals surface area contributed by atoms with Crippen LogP contribution in [0.1, 0.15) is 20.3 Å². The van der Waals surface area contributed by atoms with Gasteiger partial charge in [0.05, 0.1) is 5.70 Å². The molecule has 2 heteroatoms. The van der Waals surface area contributed by atoms with Crippen LogP contribution in [0.4, 0.5) is 0 Å². The average Bonchev–Trinajstić information content (AvgIpc) is 2.28. The minimum Gasteiger partial charge on any atom is -0.490 e. The molecule has 1 aliphatic heterocycles. The summed E-state index contributed by atoms with van der Waals surface area (Å²) in [5.41, 5.74) is 3.90. The smallest absolute Gasteiger partial charge is 0.142 e. The lowest BCUT2D eigenvalue weighted by Crippen LogP contribution is -2.27. The van der Waals surface area contributed by atoms with Gasteiger partial charge >= 0.3 is 0 Å². The Morgan fingerprint density at radius 2 is 2.23 bits per heavy atom. The summed E-state index contributed by atoms with van der Waals surface area (Å²) < 4.78 is 5.58. The number of fused-ring (bicyclic) bond motifs is 1. The van der Waals surface area contributed by atoms with Gasteiger partial charge in [0.15, 0.2) is 0 Å². The van der Waals surface area contributed by atoms with E-state index in [4.69, 9.17) is 4.74 Å². The first-order valence-electron chi connectivity index (χ1n) is 4.72. The Balaban J connectivity index is 2.34. The van der Waals surface area contributed by atoms with Gasteiger partial charge in [-0.2, -0.15) is 0 Å². The van der Waals surface area contributed by atoms with Gasteiger partial charge in [0.2, 0.25) is 0 Å². The number of hydrogen-bond donors (Lipinski definition) is 1. The average molecular weight is 177 g/mol. The minimum absolute atomic E-state index is 0.773. The number of ether oxygens (including phenoxy) is 1. The highest BCUT2D eigenvalue weighted by Gasteiger charge is 2.14. The molecule has 0 aromatic carbocycles. The fourth-order valence-corrected chi connectivity index (χ4v) is 1.54. The van der Waals surface area contributed by atoms with Gasteiger partial charge in [0.25, 0.3) is 0 Å². The van der Waals surface area contributed by atoms with Crippen molar-refractivity contribution >= 4 is 0 Å². The predicted octanol–water partition coefficient (Wildman–Crippen LogP) is 2.11. The number of allylic oxidation sites excluding steroid dienone is 4. The molecule has 0 aromatic heterocycles. The fourth-order valence-electron chi connectivity index (χ4n) is 1.54. The first-order valence-corrected chi connectivity index (χ1v) is 4.72. The number of nitrogens with one attached hydrogen (secondary N) is 1. The van der Waals surface area contributed by atoms with Crippen LogP contribution in [0, 0.1) is 0 Å². The third-order valence-corrected chi connectivity index (χ3v) is 2.57. The lowest BCUT2D eigenvalue weighted by atomic mass is 10.1. The van der Waals surface area contributed by atoms with Crippen molar-refractivity contribution in [3.8, 4) is 0 Å². The highest BCUT2D eigenvalue weighted by molar-refractivity contribution is 5.38. The van der Waals surface area contributed by atoms with E-state index in [-0.39, 0.29) is 0 Å². The third-order valence-electron chi connectivity index (χ3n) is 2.57. The highest BCUT2D eigenvalue weighted by atomic mass is 16.5. The maximum absolute atomic E-state index is 5.58. The van der Waals surface area contributed by atoms with Gasteiger partial charge in [-0.25, -0.2) is 0 Å². The van der Waals surface area contributed by atoms with Crippen molar-refractivity contribution in [2.75, 3.05) is 13.2 Å². The van der Waals surface area contributed by atoms with Gasteiger partial charge in [0, 0.05) is 6.54 Å². The van der Waals surface area contributed by atoms with Crippen LogP contribution in [0.25, 0.3) is 0 Å². The number of hydrogen-bond acceptors (Lipinski definition) is 2. The zero-order valence-corrected chi connectivity index (χ0v) is 8.18. The fraction of sp³-hybridized carbons (Fsp3) is 0.455. The molecule has 1 fully saturated rings.